The Morgan fingerprint density at radius 2 is 1.69 bits per heavy atom. The molecule has 2 aromatic rings. The second-order valence-electron chi connectivity index (χ2n) is 8.43. The van der Waals surface area contributed by atoms with E-state index in [2.05, 4.69) is 0 Å². The van der Waals surface area contributed by atoms with Gasteiger partial charge in [-0.15, -0.1) is 0 Å². The zero-order valence-corrected chi connectivity index (χ0v) is 20.2. The van der Waals surface area contributed by atoms with Gasteiger partial charge in [-0.05, 0) is 35.4 Å². The maximum atomic E-state index is 13.6. The number of methoxy groups -OCH3 is 3. The number of hydrogen-bond donors (Lipinski definition) is 1. The molecule has 2 heterocycles. The molecule has 186 valence electrons. The van der Waals surface area contributed by atoms with E-state index < -0.39 is 23.5 Å². The van der Waals surface area contributed by atoms with Crippen LogP contribution in [0.2, 0.25) is 0 Å². The van der Waals surface area contributed by atoms with E-state index in [0.717, 1.165) is 13.1 Å². The summed E-state index contributed by atoms with van der Waals surface area (Å²) >= 11 is 0. The molecule has 1 amide bonds. The number of amides is 1. The number of nitrogens with zero attached hydrogens (tertiary/aromatic N) is 1. The number of Topliss-reactive ketones (excluding diaryl/α,β-unsaturated/α-hetero) is 1. The van der Waals surface area contributed by atoms with Crippen LogP contribution in [0.1, 0.15) is 17.2 Å². The Labute approximate surface area is 204 Å². The number of quaternary nitrogens is 1. The van der Waals surface area contributed by atoms with Gasteiger partial charge in [-0.3, -0.25) is 9.59 Å². The molecule has 2 saturated heterocycles. The van der Waals surface area contributed by atoms with Crippen LogP contribution in [-0.2, 0) is 14.3 Å². The van der Waals surface area contributed by atoms with E-state index >= 15 is 0 Å². The number of morpholine rings is 1. The smallest absolute Gasteiger partial charge is 0.295 e. The standard InChI is InChI=1S/C26H30N2O7/c1-32-19-7-4-17(5-8-19)23-22(24(29)18-6-9-20(33-2)21(16-18)34-3)25(30)26(31)28(23)11-10-27-12-14-35-15-13-27/h4-9,16,23,29H,10-15H2,1-3H3. The van der Waals surface area contributed by atoms with Crippen LogP contribution >= 0.6 is 0 Å². The summed E-state index contributed by atoms with van der Waals surface area (Å²) in [5, 5.41) is 13.6. The van der Waals surface area contributed by atoms with Crippen molar-refractivity contribution in [1.82, 2.24) is 4.90 Å². The molecule has 0 spiro atoms. The summed E-state index contributed by atoms with van der Waals surface area (Å²) < 4.78 is 21.3. The summed E-state index contributed by atoms with van der Waals surface area (Å²) in [5.41, 5.74) is 0.855. The summed E-state index contributed by atoms with van der Waals surface area (Å²) in [5.74, 6) is -0.480. The van der Waals surface area contributed by atoms with Crippen LogP contribution in [0.4, 0.5) is 0 Å². The number of ketones is 1. The molecular weight excluding hydrogens is 452 g/mol. The van der Waals surface area contributed by atoms with Crippen molar-refractivity contribution in [2.45, 2.75) is 6.04 Å². The maximum Gasteiger partial charge on any atom is 0.295 e. The first-order chi connectivity index (χ1) is 17.0. The van der Waals surface area contributed by atoms with E-state index in [9.17, 15) is 14.7 Å². The first-order valence-corrected chi connectivity index (χ1v) is 11.5. The van der Waals surface area contributed by atoms with Crippen molar-refractivity contribution in [3.8, 4) is 17.2 Å². The van der Waals surface area contributed by atoms with Gasteiger partial charge in [0.05, 0.1) is 53.7 Å². The van der Waals surface area contributed by atoms with E-state index in [1.54, 1.807) is 43.5 Å². The molecule has 1 atom stereocenters. The highest BCUT2D eigenvalue weighted by atomic mass is 16.5. The summed E-state index contributed by atoms with van der Waals surface area (Å²) in [6.45, 7) is 4.01. The van der Waals surface area contributed by atoms with Crippen LogP contribution in [0.25, 0.3) is 5.76 Å². The van der Waals surface area contributed by atoms with Gasteiger partial charge in [0.2, 0.25) is 5.78 Å². The lowest BCUT2D eigenvalue weighted by atomic mass is 9.95. The minimum Gasteiger partial charge on any atom is -0.872 e. The average molecular weight is 483 g/mol. The SMILES string of the molecule is COc1ccc(C2C(=C([O-])c3ccc(OC)c(OC)c3)C(=O)C(=O)N2CC[NH+]2CCOCC2)cc1. The number of hydrogen-bond acceptors (Lipinski definition) is 7. The average Bonchev–Trinajstić information content (AvgIpc) is 3.16. The van der Waals surface area contributed by atoms with Crippen LogP contribution in [0.5, 0.6) is 17.2 Å². The number of carbonyl (C=O) groups excluding carboxylic acids is 2. The van der Waals surface area contributed by atoms with Gasteiger partial charge in [0.1, 0.15) is 18.8 Å². The van der Waals surface area contributed by atoms with Gasteiger partial charge in [0.15, 0.2) is 11.5 Å². The van der Waals surface area contributed by atoms with E-state index in [-0.39, 0.29) is 11.1 Å². The molecule has 2 aliphatic rings. The Morgan fingerprint density at radius 1 is 1.00 bits per heavy atom. The Balaban J connectivity index is 1.75. The van der Waals surface area contributed by atoms with Crippen molar-refractivity contribution >= 4 is 17.4 Å². The molecule has 2 aromatic carbocycles. The molecule has 1 N–H and O–H groups in total. The molecular formula is C26H30N2O7. The Hall–Kier alpha value is -3.56. The molecule has 0 bridgehead atoms. The molecule has 0 aliphatic carbocycles. The molecule has 9 heteroatoms. The van der Waals surface area contributed by atoms with E-state index in [4.69, 9.17) is 18.9 Å². The van der Waals surface area contributed by atoms with Crippen molar-refractivity contribution < 1.29 is 38.5 Å². The van der Waals surface area contributed by atoms with Crippen molar-refractivity contribution in [2.75, 3.05) is 60.7 Å². The topological polar surface area (TPSA) is 102 Å². The Kier molecular flexibility index (Phi) is 7.57. The van der Waals surface area contributed by atoms with Crippen molar-refractivity contribution in [2.24, 2.45) is 0 Å². The van der Waals surface area contributed by atoms with Crippen LogP contribution in [0.3, 0.4) is 0 Å². The van der Waals surface area contributed by atoms with E-state index in [1.807, 2.05) is 0 Å². The summed E-state index contributed by atoms with van der Waals surface area (Å²) in [4.78, 5) is 29.2. The van der Waals surface area contributed by atoms with Gasteiger partial charge in [-0.25, -0.2) is 0 Å². The first kappa shape index (κ1) is 24.6. The minimum absolute atomic E-state index is 0.0654. The molecule has 0 aromatic heterocycles. The molecule has 0 saturated carbocycles. The third-order valence-electron chi connectivity index (χ3n) is 6.51. The van der Waals surface area contributed by atoms with Crippen LogP contribution in [-0.4, -0.2) is 77.3 Å². The lowest BCUT2D eigenvalue weighted by molar-refractivity contribution is -0.907. The first-order valence-electron chi connectivity index (χ1n) is 11.5. The quantitative estimate of drug-likeness (QED) is 0.317. The predicted octanol–water partition coefficient (Wildman–Crippen LogP) is -0.148. The highest BCUT2D eigenvalue weighted by Crippen LogP contribution is 2.40. The third kappa shape index (κ3) is 4.96. The van der Waals surface area contributed by atoms with Gasteiger partial charge >= 0.3 is 0 Å². The second-order valence-corrected chi connectivity index (χ2v) is 8.43. The lowest BCUT2D eigenvalue weighted by Gasteiger charge is -2.30. The van der Waals surface area contributed by atoms with Gasteiger partial charge < -0.3 is 33.9 Å². The maximum absolute atomic E-state index is 13.6. The number of ether oxygens (including phenoxy) is 4. The van der Waals surface area contributed by atoms with Gasteiger partial charge in [-0.2, -0.15) is 0 Å². The molecule has 9 nitrogen and oxygen atoms in total. The predicted molar refractivity (Wildman–Crippen MR) is 125 cm³/mol. The fraction of sp³-hybridized carbons (Fsp3) is 0.385. The third-order valence-corrected chi connectivity index (χ3v) is 6.51. The zero-order valence-electron chi connectivity index (χ0n) is 20.2. The molecule has 0 radical (unpaired) electrons. The fourth-order valence-corrected chi connectivity index (χ4v) is 4.56. The Bertz CT molecular complexity index is 1110. The van der Waals surface area contributed by atoms with Crippen molar-refractivity contribution in [3.63, 3.8) is 0 Å². The molecule has 2 aliphatic heterocycles. The minimum atomic E-state index is -0.790. The summed E-state index contributed by atoms with van der Waals surface area (Å²) in [6, 6.07) is 11.0. The molecule has 35 heavy (non-hydrogen) atoms. The van der Waals surface area contributed by atoms with Gasteiger partial charge in [0.25, 0.3) is 5.91 Å². The van der Waals surface area contributed by atoms with Gasteiger partial charge in [-0.1, -0.05) is 24.0 Å². The van der Waals surface area contributed by atoms with Crippen LogP contribution in [0, 0.1) is 0 Å². The summed E-state index contributed by atoms with van der Waals surface area (Å²) in [6.07, 6.45) is 0. The van der Waals surface area contributed by atoms with Crippen LogP contribution < -0.4 is 24.2 Å². The Morgan fingerprint density at radius 3 is 2.31 bits per heavy atom. The van der Waals surface area contributed by atoms with Gasteiger partial charge in [0, 0.05) is 5.57 Å². The number of carbonyl (C=O) groups is 2. The second kappa shape index (κ2) is 10.8. The van der Waals surface area contributed by atoms with Crippen molar-refractivity contribution in [1.29, 1.82) is 0 Å². The lowest BCUT2D eigenvalue weighted by Crippen LogP contribution is -3.14. The molecule has 4 rings (SSSR count). The zero-order chi connectivity index (χ0) is 24.9. The molecule has 2 fully saturated rings. The monoisotopic (exact) mass is 482 g/mol. The summed E-state index contributed by atoms with van der Waals surface area (Å²) in [7, 11) is 4.54. The normalized spacial score (nSPS) is 20.2. The highest BCUT2D eigenvalue weighted by molar-refractivity contribution is 6.46. The highest BCUT2D eigenvalue weighted by Gasteiger charge is 2.44. The number of likely N-dealkylation sites (tertiary alicyclic amines) is 1. The van der Waals surface area contributed by atoms with E-state index in [1.165, 1.54) is 30.1 Å². The van der Waals surface area contributed by atoms with Crippen LogP contribution in [0.15, 0.2) is 48.0 Å². The van der Waals surface area contributed by atoms with E-state index in [0.29, 0.717) is 49.1 Å². The largest absolute Gasteiger partial charge is 0.872 e. The number of benzene rings is 2. The molecule has 1 unspecified atom stereocenters. The number of nitrogens with one attached hydrogen (secondary N) is 1. The fourth-order valence-electron chi connectivity index (χ4n) is 4.56. The number of rotatable bonds is 8. The van der Waals surface area contributed by atoms with Crippen molar-refractivity contribution in [3.05, 3.63) is 59.2 Å².